The van der Waals surface area contributed by atoms with Crippen molar-refractivity contribution in [3.05, 3.63) is 51.8 Å². The van der Waals surface area contributed by atoms with Gasteiger partial charge in [0.05, 0.1) is 12.4 Å². The average Bonchev–Trinajstić information content (AvgIpc) is 2.32. The number of carbonyl (C=O) groups is 1. The van der Waals surface area contributed by atoms with Gasteiger partial charge in [0.15, 0.2) is 5.82 Å². The van der Waals surface area contributed by atoms with Crippen molar-refractivity contribution in [3.8, 4) is 0 Å². The van der Waals surface area contributed by atoms with Crippen molar-refractivity contribution >= 4 is 23.3 Å². The lowest BCUT2D eigenvalue weighted by Crippen LogP contribution is -2.22. The molecule has 2 rings (SSSR count). The Morgan fingerprint density at radius 3 is 2.82 bits per heavy atom. The zero-order valence-corrected chi connectivity index (χ0v) is 9.23. The highest BCUT2D eigenvalue weighted by molar-refractivity contribution is 6.29. The van der Waals surface area contributed by atoms with Crippen molar-refractivity contribution < 1.29 is 4.79 Å². The van der Waals surface area contributed by atoms with Crippen molar-refractivity contribution in [2.45, 2.75) is 0 Å². The van der Waals surface area contributed by atoms with Crippen LogP contribution in [0.15, 0.2) is 35.5 Å². The molecule has 2 N–H and O–H groups in total. The van der Waals surface area contributed by atoms with Gasteiger partial charge in [-0.15, -0.1) is 0 Å². The Bertz CT molecular complexity index is 594. The lowest BCUT2D eigenvalue weighted by molar-refractivity contribution is 0.102. The van der Waals surface area contributed by atoms with Gasteiger partial charge in [0.25, 0.3) is 11.5 Å². The molecule has 0 aliphatic heterocycles. The molecule has 0 aliphatic carbocycles. The Hall–Kier alpha value is -2.21. The molecular formula is C10H7ClN4O2. The molecule has 0 atom stereocenters. The molecule has 0 fully saturated rings. The summed E-state index contributed by atoms with van der Waals surface area (Å²) in [4.78, 5) is 33.0. The predicted molar refractivity (Wildman–Crippen MR) is 62.1 cm³/mol. The van der Waals surface area contributed by atoms with E-state index in [0.717, 1.165) is 0 Å². The number of nitrogens with one attached hydrogen (secondary N) is 2. The van der Waals surface area contributed by atoms with Crippen molar-refractivity contribution in [2.75, 3.05) is 5.32 Å². The summed E-state index contributed by atoms with van der Waals surface area (Å²) in [6, 6.07) is 2.97. The standard InChI is InChI=1S/C10H7ClN4O2/c11-7-4-14-8(5-13-7)15-10(17)6-2-1-3-12-9(6)16/h1-5H,(H,12,16)(H,14,15,17). The molecule has 0 aromatic carbocycles. The number of aromatic amines is 1. The monoisotopic (exact) mass is 250 g/mol. The van der Waals surface area contributed by atoms with Crippen LogP contribution in [0.2, 0.25) is 5.15 Å². The van der Waals surface area contributed by atoms with E-state index in [1.807, 2.05) is 0 Å². The Balaban J connectivity index is 2.20. The number of nitrogens with zero attached hydrogens (tertiary/aromatic N) is 2. The third kappa shape index (κ3) is 2.67. The molecule has 0 saturated carbocycles. The molecule has 6 nitrogen and oxygen atoms in total. The van der Waals surface area contributed by atoms with E-state index in [-0.39, 0.29) is 16.5 Å². The Morgan fingerprint density at radius 2 is 2.18 bits per heavy atom. The number of pyridine rings is 1. The molecule has 0 aliphatic rings. The number of carbonyl (C=O) groups excluding carboxylic acids is 1. The minimum Gasteiger partial charge on any atom is -0.328 e. The maximum Gasteiger partial charge on any atom is 0.262 e. The summed E-state index contributed by atoms with van der Waals surface area (Å²) in [6.07, 6.45) is 4.05. The number of aromatic nitrogens is 3. The van der Waals surface area contributed by atoms with Crippen LogP contribution in [0.4, 0.5) is 5.82 Å². The smallest absolute Gasteiger partial charge is 0.262 e. The molecule has 0 spiro atoms. The van der Waals surface area contributed by atoms with E-state index in [1.165, 1.54) is 24.7 Å². The zero-order valence-electron chi connectivity index (χ0n) is 8.48. The fraction of sp³-hybridized carbons (Fsp3) is 0. The number of rotatable bonds is 2. The number of amides is 1. The molecule has 0 radical (unpaired) electrons. The first-order valence-electron chi connectivity index (χ1n) is 4.63. The van der Waals surface area contributed by atoms with E-state index in [1.54, 1.807) is 6.07 Å². The number of hydrogen-bond donors (Lipinski definition) is 2. The number of anilines is 1. The molecular weight excluding hydrogens is 244 g/mol. The lowest BCUT2D eigenvalue weighted by atomic mass is 10.2. The van der Waals surface area contributed by atoms with Gasteiger partial charge in [-0.25, -0.2) is 9.97 Å². The molecule has 86 valence electrons. The summed E-state index contributed by atoms with van der Waals surface area (Å²) in [5.41, 5.74) is -0.462. The van der Waals surface area contributed by atoms with Crippen molar-refractivity contribution in [1.82, 2.24) is 15.0 Å². The average molecular weight is 251 g/mol. The van der Waals surface area contributed by atoms with Crippen molar-refractivity contribution in [3.63, 3.8) is 0 Å². The highest BCUT2D eigenvalue weighted by Crippen LogP contribution is 2.06. The summed E-state index contributed by atoms with van der Waals surface area (Å²) >= 11 is 5.55. The predicted octanol–water partition coefficient (Wildman–Crippen LogP) is 1.07. The van der Waals surface area contributed by atoms with E-state index in [9.17, 15) is 9.59 Å². The van der Waals surface area contributed by atoms with E-state index >= 15 is 0 Å². The molecule has 0 bridgehead atoms. The molecule has 0 saturated heterocycles. The van der Waals surface area contributed by atoms with Crippen LogP contribution in [0.3, 0.4) is 0 Å². The third-order valence-corrected chi connectivity index (χ3v) is 2.12. The number of hydrogen-bond acceptors (Lipinski definition) is 4. The second kappa shape index (κ2) is 4.75. The summed E-state index contributed by atoms with van der Waals surface area (Å²) in [5, 5.41) is 2.66. The van der Waals surface area contributed by atoms with Crippen LogP contribution >= 0.6 is 11.6 Å². The first kappa shape index (κ1) is 11.3. The Morgan fingerprint density at radius 1 is 1.35 bits per heavy atom. The van der Waals surface area contributed by atoms with E-state index < -0.39 is 11.5 Å². The summed E-state index contributed by atoms with van der Waals surface area (Å²) in [6.45, 7) is 0. The van der Waals surface area contributed by atoms with Crippen LogP contribution in [-0.2, 0) is 0 Å². The fourth-order valence-electron chi connectivity index (χ4n) is 1.16. The van der Waals surface area contributed by atoms with Gasteiger partial charge in [0.1, 0.15) is 10.7 Å². The third-order valence-electron chi connectivity index (χ3n) is 1.92. The van der Waals surface area contributed by atoms with Gasteiger partial charge in [-0.05, 0) is 12.1 Å². The Labute approximate surface area is 101 Å². The van der Waals surface area contributed by atoms with Gasteiger partial charge in [-0.2, -0.15) is 0 Å². The van der Waals surface area contributed by atoms with Gasteiger partial charge in [0, 0.05) is 6.20 Å². The Kier molecular flexibility index (Phi) is 3.15. The van der Waals surface area contributed by atoms with Gasteiger partial charge in [-0.1, -0.05) is 11.6 Å². The van der Waals surface area contributed by atoms with Crippen LogP contribution in [0.1, 0.15) is 10.4 Å². The summed E-state index contributed by atoms with van der Waals surface area (Å²) in [7, 11) is 0. The van der Waals surface area contributed by atoms with Gasteiger partial charge < -0.3 is 10.3 Å². The first-order chi connectivity index (χ1) is 8.16. The molecule has 1 amide bonds. The zero-order chi connectivity index (χ0) is 12.3. The molecule has 2 heterocycles. The number of halogens is 1. The molecule has 2 aromatic heterocycles. The van der Waals surface area contributed by atoms with Gasteiger partial charge in [-0.3, -0.25) is 9.59 Å². The molecule has 7 heteroatoms. The molecule has 17 heavy (non-hydrogen) atoms. The second-order valence-electron chi connectivity index (χ2n) is 3.09. The summed E-state index contributed by atoms with van der Waals surface area (Å²) in [5.74, 6) is -0.328. The van der Waals surface area contributed by atoms with Gasteiger partial charge >= 0.3 is 0 Å². The van der Waals surface area contributed by atoms with E-state index in [4.69, 9.17) is 11.6 Å². The van der Waals surface area contributed by atoms with Gasteiger partial charge in [0.2, 0.25) is 0 Å². The van der Waals surface area contributed by atoms with E-state index in [0.29, 0.717) is 0 Å². The highest BCUT2D eigenvalue weighted by Gasteiger charge is 2.10. The minimum atomic E-state index is -0.552. The van der Waals surface area contributed by atoms with Crippen LogP contribution < -0.4 is 10.9 Å². The van der Waals surface area contributed by atoms with Crippen LogP contribution in [0.25, 0.3) is 0 Å². The summed E-state index contributed by atoms with van der Waals surface area (Å²) < 4.78 is 0. The molecule has 2 aromatic rings. The van der Waals surface area contributed by atoms with Crippen molar-refractivity contribution in [1.29, 1.82) is 0 Å². The van der Waals surface area contributed by atoms with Crippen molar-refractivity contribution in [2.24, 2.45) is 0 Å². The SMILES string of the molecule is O=C(Nc1cnc(Cl)cn1)c1ccc[nH]c1=O. The highest BCUT2D eigenvalue weighted by atomic mass is 35.5. The second-order valence-corrected chi connectivity index (χ2v) is 3.48. The molecule has 0 unspecified atom stereocenters. The van der Waals surface area contributed by atoms with Crippen LogP contribution in [0, 0.1) is 0 Å². The maximum atomic E-state index is 11.7. The number of H-pyrrole nitrogens is 1. The quantitative estimate of drug-likeness (QED) is 0.835. The van der Waals surface area contributed by atoms with Crippen LogP contribution in [-0.4, -0.2) is 20.9 Å². The lowest BCUT2D eigenvalue weighted by Gasteiger charge is -2.02. The first-order valence-corrected chi connectivity index (χ1v) is 5.01. The fourth-order valence-corrected chi connectivity index (χ4v) is 1.26. The largest absolute Gasteiger partial charge is 0.328 e. The minimum absolute atomic E-state index is 0.00394. The normalized spacial score (nSPS) is 9.94. The van der Waals surface area contributed by atoms with E-state index in [2.05, 4.69) is 20.3 Å². The topological polar surface area (TPSA) is 87.7 Å². The maximum absolute atomic E-state index is 11.7. The van der Waals surface area contributed by atoms with Crippen LogP contribution in [0.5, 0.6) is 0 Å².